The summed E-state index contributed by atoms with van der Waals surface area (Å²) >= 11 is 0. The Morgan fingerprint density at radius 1 is 1.09 bits per heavy atom. The number of rotatable bonds is 7. The number of hydrogen-bond donors (Lipinski definition) is 2. The topological polar surface area (TPSA) is 84.9 Å². The quantitative estimate of drug-likeness (QED) is 0.763. The zero-order valence-electron chi connectivity index (χ0n) is 12.0. The fourth-order valence-corrected chi connectivity index (χ4v) is 2.26. The number of methoxy groups -OCH3 is 1. The molecule has 2 aromatic carbocycles. The van der Waals surface area contributed by atoms with Gasteiger partial charge in [0.25, 0.3) is 0 Å². The molecule has 0 heterocycles. The van der Waals surface area contributed by atoms with Gasteiger partial charge in [-0.15, -0.1) is 0 Å². The highest BCUT2D eigenvalue weighted by Gasteiger charge is 2.13. The van der Waals surface area contributed by atoms with Crippen LogP contribution < -0.4 is 14.2 Å². The first-order valence-electron chi connectivity index (χ1n) is 6.54. The molecule has 0 fully saturated rings. The van der Waals surface area contributed by atoms with Crippen LogP contribution in [0, 0.1) is 0 Å². The Balaban J connectivity index is 2.19. The summed E-state index contributed by atoms with van der Waals surface area (Å²) in [7, 11) is -2.77. The van der Waals surface area contributed by atoms with Gasteiger partial charge >= 0.3 is 10.3 Å². The van der Waals surface area contributed by atoms with Crippen molar-refractivity contribution in [3.8, 4) is 11.5 Å². The first-order valence-corrected chi connectivity index (χ1v) is 7.98. The SMILES string of the molecule is COc1cccc(CNS(=O)(=O)O)c1OCc1ccccc1. The zero-order chi connectivity index (χ0) is 16.0. The van der Waals surface area contributed by atoms with E-state index in [1.54, 1.807) is 18.2 Å². The highest BCUT2D eigenvalue weighted by atomic mass is 32.2. The van der Waals surface area contributed by atoms with E-state index in [0.717, 1.165) is 5.56 Å². The van der Waals surface area contributed by atoms with Crippen LogP contribution in [0.1, 0.15) is 11.1 Å². The van der Waals surface area contributed by atoms with Gasteiger partial charge in [-0.25, -0.2) is 0 Å². The molecule has 0 spiro atoms. The third-order valence-electron chi connectivity index (χ3n) is 2.95. The Labute approximate surface area is 129 Å². The van der Waals surface area contributed by atoms with Gasteiger partial charge in [0.15, 0.2) is 11.5 Å². The van der Waals surface area contributed by atoms with Crippen molar-refractivity contribution in [3.63, 3.8) is 0 Å². The van der Waals surface area contributed by atoms with Crippen LogP contribution in [-0.2, 0) is 23.5 Å². The van der Waals surface area contributed by atoms with Crippen molar-refractivity contribution >= 4 is 10.3 Å². The average molecular weight is 323 g/mol. The third-order valence-corrected chi connectivity index (χ3v) is 3.46. The molecule has 0 saturated carbocycles. The molecule has 0 aliphatic heterocycles. The van der Waals surface area contributed by atoms with E-state index in [0.29, 0.717) is 23.7 Å². The van der Waals surface area contributed by atoms with Gasteiger partial charge in [0.2, 0.25) is 0 Å². The normalized spacial score (nSPS) is 11.2. The van der Waals surface area contributed by atoms with Crippen molar-refractivity contribution in [3.05, 3.63) is 59.7 Å². The van der Waals surface area contributed by atoms with Crippen LogP contribution in [-0.4, -0.2) is 20.1 Å². The molecule has 6 nitrogen and oxygen atoms in total. The maximum Gasteiger partial charge on any atom is 0.333 e. The van der Waals surface area contributed by atoms with Crippen LogP contribution in [0.2, 0.25) is 0 Å². The fourth-order valence-electron chi connectivity index (χ4n) is 1.92. The van der Waals surface area contributed by atoms with Crippen LogP contribution in [0.25, 0.3) is 0 Å². The maximum atomic E-state index is 10.8. The Morgan fingerprint density at radius 3 is 2.45 bits per heavy atom. The smallest absolute Gasteiger partial charge is 0.333 e. The fraction of sp³-hybridized carbons (Fsp3) is 0.200. The first-order chi connectivity index (χ1) is 10.5. The lowest BCUT2D eigenvalue weighted by Crippen LogP contribution is -2.22. The van der Waals surface area contributed by atoms with Crippen molar-refractivity contribution in [1.29, 1.82) is 0 Å². The van der Waals surface area contributed by atoms with Gasteiger partial charge in [-0.1, -0.05) is 42.5 Å². The lowest BCUT2D eigenvalue weighted by molar-refractivity contribution is 0.281. The van der Waals surface area contributed by atoms with Crippen molar-refractivity contribution in [2.45, 2.75) is 13.2 Å². The van der Waals surface area contributed by atoms with E-state index in [-0.39, 0.29) is 6.54 Å². The molecule has 0 amide bonds. The molecular formula is C15H17NO5S. The lowest BCUT2D eigenvalue weighted by atomic mass is 10.2. The van der Waals surface area contributed by atoms with E-state index in [4.69, 9.17) is 14.0 Å². The summed E-state index contributed by atoms with van der Waals surface area (Å²) in [6.07, 6.45) is 0. The Morgan fingerprint density at radius 2 is 1.82 bits per heavy atom. The van der Waals surface area contributed by atoms with Gasteiger partial charge < -0.3 is 9.47 Å². The highest BCUT2D eigenvalue weighted by Crippen LogP contribution is 2.31. The minimum atomic E-state index is -4.27. The van der Waals surface area contributed by atoms with E-state index in [9.17, 15) is 8.42 Å². The Hall–Kier alpha value is -2.09. The van der Waals surface area contributed by atoms with Gasteiger partial charge in [0.05, 0.1) is 7.11 Å². The third kappa shape index (κ3) is 4.73. The van der Waals surface area contributed by atoms with E-state index >= 15 is 0 Å². The second-order valence-electron chi connectivity index (χ2n) is 4.52. The minimum Gasteiger partial charge on any atom is -0.493 e. The molecule has 0 unspecified atom stereocenters. The van der Waals surface area contributed by atoms with Gasteiger partial charge in [0.1, 0.15) is 6.61 Å². The van der Waals surface area contributed by atoms with E-state index in [1.807, 2.05) is 35.1 Å². The van der Waals surface area contributed by atoms with Gasteiger partial charge in [0, 0.05) is 12.1 Å². The number of para-hydroxylation sites is 1. The molecule has 0 aliphatic rings. The van der Waals surface area contributed by atoms with Crippen LogP contribution in [0.3, 0.4) is 0 Å². The summed E-state index contributed by atoms with van der Waals surface area (Å²) < 4.78 is 43.5. The summed E-state index contributed by atoms with van der Waals surface area (Å²) in [5.74, 6) is 0.926. The summed E-state index contributed by atoms with van der Waals surface area (Å²) in [4.78, 5) is 0. The Kier molecular flexibility index (Phi) is 5.37. The standard InChI is InChI=1S/C15H17NO5S/c1-20-14-9-5-8-13(10-16-22(17,18)19)15(14)21-11-12-6-3-2-4-7-12/h2-9,16H,10-11H2,1H3,(H,17,18,19). The van der Waals surface area contributed by atoms with Crippen molar-refractivity contribution < 1.29 is 22.4 Å². The molecule has 0 atom stereocenters. The second kappa shape index (κ2) is 7.26. The van der Waals surface area contributed by atoms with E-state index < -0.39 is 10.3 Å². The average Bonchev–Trinajstić information content (AvgIpc) is 2.51. The van der Waals surface area contributed by atoms with Gasteiger partial charge in [-0.05, 0) is 11.6 Å². The Bertz CT molecular complexity index is 716. The number of ether oxygens (including phenoxy) is 2. The maximum absolute atomic E-state index is 10.8. The molecule has 0 aromatic heterocycles. The first kappa shape index (κ1) is 16.3. The number of hydrogen-bond acceptors (Lipinski definition) is 4. The molecule has 118 valence electrons. The summed E-state index contributed by atoms with van der Waals surface area (Å²) in [5.41, 5.74) is 1.54. The molecule has 0 saturated heterocycles. The van der Waals surface area contributed by atoms with Gasteiger partial charge in [-0.2, -0.15) is 13.1 Å². The summed E-state index contributed by atoms with van der Waals surface area (Å²) in [5, 5.41) is 0. The molecular weight excluding hydrogens is 306 g/mol. The van der Waals surface area contributed by atoms with Crippen LogP contribution in [0.4, 0.5) is 0 Å². The molecule has 0 radical (unpaired) electrons. The van der Waals surface area contributed by atoms with Crippen molar-refractivity contribution in [1.82, 2.24) is 4.72 Å². The highest BCUT2D eigenvalue weighted by molar-refractivity contribution is 7.83. The number of nitrogens with one attached hydrogen (secondary N) is 1. The molecule has 0 aliphatic carbocycles. The molecule has 0 bridgehead atoms. The summed E-state index contributed by atoms with van der Waals surface area (Å²) in [6, 6.07) is 14.7. The predicted octanol–water partition coefficient (Wildman–Crippen LogP) is 2.17. The monoisotopic (exact) mass is 323 g/mol. The van der Waals surface area contributed by atoms with E-state index in [2.05, 4.69) is 0 Å². The largest absolute Gasteiger partial charge is 0.493 e. The van der Waals surface area contributed by atoms with Crippen molar-refractivity contribution in [2.75, 3.05) is 7.11 Å². The van der Waals surface area contributed by atoms with Crippen LogP contribution in [0.15, 0.2) is 48.5 Å². The van der Waals surface area contributed by atoms with Gasteiger partial charge in [-0.3, -0.25) is 4.55 Å². The molecule has 2 rings (SSSR count). The number of benzene rings is 2. The molecule has 2 aromatic rings. The van der Waals surface area contributed by atoms with E-state index in [1.165, 1.54) is 7.11 Å². The second-order valence-corrected chi connectivity index (χ2v) is 5.76. The molecule has 7 heteroatoms. The van der Waals surface area contributed by atoms with Crippen molar-refractivity contribution in [2.24, 2.45) is 0 Å². The lowest BCUT2D eigenvalue weighted by Gasteiger charge is -2.15. The molecule has 22 heavy (non-hydrogen) atoms. The minimum absolute atomic E-state index is 0.0971. The predicted molar refractivity (Wildman–Crippen MR) is 82.2 cm³/mol. The molecule has 2 N–H and O–H groups in total. The zero-order valence-corrected chi connectivity index (χ0v) is 12.8. The van der Waals surface area contributed by atoms with Crippen LogP contribution >= 0.6 is 0 Å². The van der Waals surface area contributed by atoms with Crippen LogP contribution in [0.5, 0.6) is 11.5 Å². The summed E-state index contributed by atoms with van der Waals surface area (Å²) in [6.45, 7) is 0.222.